The summed E-state index contributed by atoms with van der Waals surface area (Å²) in [5.41, 5.74) is 5.81. The van der Waals surface area contributed by atoms with Gasteiger partial charge in [-0.25, -0.2) is 0 Å². The Balaban J connectivity index is 1.52. The second kappa shape index (κ2) is 5.28. The second-order valence-corrected chi connectivity index (χ2v) is 8.95. The van der Waals surface area contributed by atoms with Crippen LogP contribution in [-0.4, -0.2) is 10.9 Å². The molecule has 2 nitrogen and oxygen atoms in total. The van der Waals surface area contributed by atoms with Gasteiger partial charge in [0.25, 0.3) is 0 Å². The van der Waals surface area contributed by atoms with Gasteiger partial charge in [-0.2, -0.15) is 0 Å². The van der Waals surface area contributed by atoms with Crippen molar-refractivity contribution in [1.29, 1.82) is 0 Å². The minimum absolute atomic E-state index is 0.545. The first kappa shape index (κ1) is 16.1. The van der Waals surface area contributed by atoms with Crippen molar-refractivity contribution in [1.82, 2.24) is 4.90 Å². The largest absolute Gasteiger partial charge is 0.343 e. The topological polar surface area (TPSA) is 6.48 Å². The molecule has 3 aliphatic carbocycles. The fourth-order valence-corrected chi connectivity index (χ4v) is 5.68. The van der Waals surface area contributed by atoms with Crippen LogP contribution in [0.1, 0.15) is 50.3 Å². The average molecular weight is 322 g/mol. The van der Waals surface area contributed by atoms with Crippen LogP contribution in [0.25, 0.3) is 0 Å². The van der Waals surface area contributed by atoms with Gasteiger partial charge >= 0.3 is 0 Å². The Bertz CT molecular complexity index is 664. The van der Waals surface area contributed by atoms with Gasteiger partial charge in [-0.15, -0.1) is 0 Å². The highest BCUT2D eigenvalue weighted by atomic mass is 15.4. The maximum atomic E-state index is 3.63. The molecular weight excluding hydrogens is 292 g/mol. The number of anilines is 1. The summed E-state index contributed by atoms with van der Waals surface area (Å²) in [6.45, 7) is 17.6. The van der Waals surface area contributed by atoms with Crippen LogP contribution in [0.4, 0.5) is 5.69 Å². The summed E-state index contributed by atoms with van der Waals surface area (Å²) in [7, 11) is 0. The molecule has 4 aliphatic rings. The maximum absolute atomic E-state index is 3.63. The monoisotopic (exact) mass is 322 g/mol. The molecule has 2 heteroatoms. The van der Waals surface area contributed by atoms with E-state index in [9.17, 15) is 0 Å². The fourth-order valence-electron chi connectivity index (χ4n) is 5.68. The van der Waals surface area contributed by atoms with Crippen molar-refractivity contribution in [2.24, 2.45) is 23.2 Å². The van der Waals surface area contributed by atoms with Crippen LogP contribution < -0.4 is 4.90 Å². The molecule has 3 fully saturated rings. The third kappa shape index (κ3) is 2.22. The molecule has 128 valence electrons. The standard InChI is InChI=1S/C22H30N2/c1-14-9-15(2)21(16(3)10-14)24-8-7-23(13-24)20-12-18-11-19(17(20)4)22(18,5)6/h7-10,17-20H,11-12H2,1-6H3. The van der Waals surface area contributed by atoms with Crippen LogP contribution in [0, 0.1) is 50.6 Å². The van der Waals surface area contributed by atoms with Crippen molar-refractivity contribution < 1.29 is 0 Å². The summed E-state index contributed by atoms with van der Waals surface area (Å²) in [4.78, 5) is 4.56. The lowest BCUT2D eigenvalue weighted by atomic mass is 9.44. The summed E-state index contributed by atoms with van der Waals surface area (Å²) in [5, 5.41) is 0. The van der Waals surface area contributed by atoms with Crippen molar-refractivity contribution >= 4 is 5.69 Å². The quantitative estimate of drug-likeness (QED) is 0.731. The number of rotatable bonds is 2. The molecule has 1 aromatic carbocycles. The molecule has 1 aliphatic heterocycles. The Morgan fingerprint density at radius 2 is 1.71 bits per heavy atom. The highest BCUT2D eigenvalue weighted by Crippen LogP contribution is 2.62. The zero-order valence-electron chi connectivity index (χ0n) is 15.9. The van der Waals surface area contributed by atoms with E-state index in [0.29, 0.717) is 11.5 Å². The Labute approximate surface area is 147 Å². The van der Waals surface area contributed by atoms with E-state index in [1.165, 1.54) is 35.2 Å². The predicted octanol–water partition coefficient (Wildman–Crippen LogP) is 5.27. The lowest BCUT2D eigenvalue weighted by Crippen LogP contribution is -2.59. The second-order valence-electron chi connectivity index (χ2n) is 8.95. The number of aryl methyl sites for hydroxylation is 3. The Morgan fingerprint density at radius 3 is 2.29 bits per heavy atom. The molecule has 3 saturated carbocycles. The van der Waals surface area contributed by atoms with Crippen molar-refractivity contribution in [2.45, 2.75) is 60.4 Å². The van der Waals surface area contributed by atoms with Gasteiger partial charge in [0.15, 0.2) is 0 Å². The lowest BCUT2D eigenvalue weighted by molar-refractivity contribution is -0.128. The first-order valence-electron chi connectivity index (χ1n) is 9.39. The third-order valence-electron chi connectivity index (χ3n) is 7.15. The third-order valence-corrected chi connectivity index (χ3v) is 7.15. The minimum atomic E-state index is 0.545. The smallest absolute Gasteiger partial charge is 0.213 e. The van der Waals surface area contributed by atoms with E-state index in [1.54, 1.807) is 0 Å². The highest BCUT2D eigenvalue weighted by molar-refractivity contribution is 5.64. The molecule has 0 N–H and O–H groups in total. The zero-order chi connectivity index (χ0) is 17.2. The zero-order valence-corrected chi connectivity index (χ0v) is 15.9. The van der Waals surface area contributed by atoms with E-state index in [1.807, 2.05) is 0 Å². The van der Waals surface area contributed by atoms with Gasteiger partial charge < -0.3 is 9.80 Å². The lowest BCUT2D eigenvalue weighted by Gasteiger charge is -2.63. The van der Waals surface area contributed by atoms with Crippen LogP contribution >= 0.6 is 0 Å². The molecule has 0 spiro atoms. The van der Waals surface area contributed by atoms with Gasteiger partial charge in [-0.1, -0.05) is 38.5 Å². The van der Waals surface area contributed by atoms with Crippen LogP contribution in [0.2, 0.25) is 0 Å². The maximum Gasteiger partial charge on any atom is 0.213 e. The van der Waals surface area contributed by atoms with Gasteiger partial charge in [0.1, 0.15) is 0 Å². The molecule has 5 rings (SSSR count). The van der Waals surface area contributed by atoms with Crippen molar-refractivity contribution in [2.75, 3.05) is 4.90 Å². The van der Waals surface area contributed by atoms with Crippen LogP contribution in [-0.2, 0) is 0 Å². The number of nitrogens with zero attached hydrogens (tertiary/aromatic N) is 2. The van der Waals surface area contributed by atoms with Crippen LogP contribution in [0.15, 0.2) is 24.5 Å². The van der Waals surface area contributed by atoms with Crippen LogP contribution in [0.3, 0.4) is 0 Å². The van der Waals surface area contributed by atoms with E-state index in [-0.39, 0.29) is 0 Å². The van der Waals surface area contributed by atoms with E-state index >= 15 is 0 Å². The summed E-state index contributed by atoms with van der Waals surface area (Å²) >= 11 is 0. The summed E-state index contributed by atoms with van der Waals surface area (Å²) < 4.78 is 0. The SMILES string of the molecule is Cc1cc(C)c(N2[C]N(C3CC4CC(C3C)C4(C)C)C=C2)c(C)c1. The number of hydrogen-bond acceptors (Lipinski definition) is 2. The highest BCUT2D eigenvalue weighted by Gasteiger charge is 2.57. The van der Waals surface area contributed by atoms with Crippen molar-refractivity contribution in [3.05, 3.63) is 47.9 Å². The molecule has 1 aromatic rings. The van der Waals surface area contributed by atoms with Gasteiger partial charge in [0, 0.05) is 24.1 Å². The van der Waals surface area contributed by atoms with Gasteiger partial charge in [-0.05, 0) is 67.9 Å². The molecule has 24 heavy (non-hydrogen) atoms. The first-order chi connectivity index (χ1) is 11.3. The molecule has 0 amide bonds. The van der Waals surface area contributed by atoms with E-state index in [0.717, 1.165) is 17.8 Å². The van der Waals surface area contributed by atoms with Crippen LogP contribution in [0.5, 0.6) is 0 Å². The van der Waals surface area contributed by atoms with E-state index in [4.69, 9.17) is 0 Å². The predicted molar refractivity (Wildman–Crippen MR) is 100 cm³/mol. The minimum Gasteiger partial charge on any atom is -0.343 e. The van der Waals surface area contributed by atoms with Gasteiger partial charge in [-0.3, -0.25) is 0 Å². The molecule has 0 saturated heterocycles. The number of fused-ring (bicyclic) bond motifs is 2. The van der Waals surface area contributed by atoms with E-state index < -0.39 is 0 Å². The van der Waals surface area contributed by atoms with Gasteiger partial charge in [0.05, 0.1) is 0 Å². The van der Waals surface area contributed by atoms with Gasteiger partial charge in [0.2, 0.25) is 6.67 Å². The Morgan fingerprint density at radius 1 is 1.04 bits per heavy atom. The molecular formula is C22H30N2. The van der Waals surface area contributed by atoms with E-state index in [2.05, 4.69) is 82.5 Å². The fraction of sp³-hybridized carbons (Fsp3) is 0.591. The first-order valence-corrected chi connectivity index (χ1v) is 9.39. The normalized spacial score (nSPS) is 33.8. The molecule has 4 unspecified atom stereocenters. The molecule has 2 radical (unpaired) electrons. The average Bonchev–Trinajstić information content (AvgIpc) is 2.95. The number of hydrogen-bond donors (Lipinski definition) is 0. The molecule has 0 aromatic heterocycles. The molecule has 1 heterocycles. The Hall–Kier alpha value is -1.44. The molecule has 2 bridgehead atoms. The Kier molecular flexibility index (Phi) is 3.53. The molecule has 4 atom stereocenters. The summed E-state index contributed by atoms with van der Waals surface area (Å²) in [6, 6.07) is 5.14. The van der Waals surface area contributed by atoms with Crippen molar-refractivity contribution in [3.63, 3.8) is 0 Å². The summed E-state index contributed by atoms with van der Waals surface area (Å²) in [6.07, 6.45) is 7.16. The number of benzene rings is 1. The summed E-state index contributed by atoms with van der Waals surface area (Å²) in [5.74, 6) is 2.49. The van der Waals surface area contributed by atoms with Crippen molar-refractivity contribution in [3.8, 4) is 0 Å².